The lowest BCUT2D eigenvalue weighted by atomic mass is 9.93. The van der Waals surface area contributed by atoms with Crippen LogP contribution in [0.4, 0.5) is 0 Å². The molecule has 0 saturated carbocycles. The van der Waals surface area contributed by atoms with Crippen molar-refractivity contribution in [3.05, 3.63) is 34.4 Å². The normalized spacial score (nSPS) is 24.7. The van der Waals surface area contributed by atoms with E-state index in [0.717, 1.165) is 13.1 Å². The molecule has 1 aliphatic rings. The highest BCUT2D eigenvalue weighted by atomic mass is 15.2. The second-order valence-electron chi connectivity index (χ2n) is 6.22. The zero-order chi connectivity index (χ0) is 14.0. The van der Waals surface area contributed by atoms with Gasteiger partial charge >= 0.3 is 0 Å². The van der Waals surface area contributed by atoms with Crippen molar-refractivity contribution in [2.45, 2.75) is 65.6 Å². The van der Waals surface area contributed by atoms with E-state index in [1.54, 1.807) is 0 Å². The summed E-state index contributed by atoms with van der Waals surface area (Å²) in [5.74, 6) is 0. The number of rotatable bonds is 3. The number of hydrogen-bond acceptors (Lipinski definition) is 2. The highest BCUT2D eigenvalue weighted by Gasteiger charge is 2.27. The van der Waals surface area contributed by atoms with Crippen LogP contribution in [-0.2, 0) is 6.54 Å². The molecule has 1 fully saturated rings. The molecule has 0 amide bonds. The average Bonchev–Trinajstić information content (AvgIpc) is 2.34. The van der Waals surface area contributed by atoms with Gasteiger partial charge in [0.05, 0.1) is 0 Å². The predicted molar refractivity (Wildman–Crippen MR) is 82.4 cm³/mol. The van der Waals surface area contributed by atoms with Crippen LogP contribution in [0.5, 0.6) is 0 Å². The van der Waals surface area contributed by atoms with E-state index in [0.29, 0.717) is 12.1 Å². The molecule has 2 rings (SSSR count). The quantitative estimate of drug-likeness (QED) is 0.903. The minimum absolute atomic E-state index is 0.559. The Kier molecular flexibility index (Phi) is 4.64. The van der Waals surface area contributed by atoms with Crippen LogP contribution in [0.3, 0.4) is 0 Å². The first-order valence-corrected chi connectivity index (χ1v) is 7.55. The molecule has 0 spiro atoms. The molecule has 2 nitrogen and oxygen atoms in total. The summed E-state index contributed by atoms with van der Waals surface area (Å²) in [5.41, 5.74) is 11.7. The third-order valence-corrected chi connectivity index (χ3v) is 4.65. The Labute approximate surface area is 118 Å². The van der Waals surface area contributed by atoms with E-state index in [1.807, 2.05) is 0 Å². The maximum absolute atomic E-state index is 5.97. The van der Waals surface area contributed by atoms with Gasteiger partial charge < -0.3 is 5.73 Å². The molecule has 2 atom stereocenters. The number of aryl methyl sites for hydroxylation is 3. The van der Waals surface area contributed by atoms with E-state index in [4.69, 9.17) is 5.73 Å². The fourth-order valence-electron chi connectivity index (χ4n) is 3.52. The van der Waals surface area contributed by atoms with E-state index in [9.17, 15) is 0 Å². The molecule has 1 saturated heterocycles. The standard InChI is InChI=1S/C17H28N2/c1-12-8-13(2)17(14(3)9-12)11-19-15(4)6-5-7-16(19)10-18/h8-9,15-16H,5-7,10-11,18H2,1-4H3. The van der Waals surface area contributed by atoms with E-state index >= 15 is 0 Å². The number of hydrogen-bond donors (Lipinski definition) is 1. The molecular formula is C17H28N2. The fourth-order valence-corrected chi connectivity index (χ4v) is 3.52. The second-order valence-corrected chi connectivity index (χ2v) is 6.22. The lowest BCUT2D eigenvalue weighted by Gasteiger charge is -2.40. The maximum Gasteiger partial charge on any atom is 0.0245 e. The molecule has 1 heterocycles. The molecule has 1 aliphatic heterocycles. The minimum Gasteiger partial charge on any atom is -0.329 e. The molecule has 2 N–H and O–H groups in total. The van der Waals surface area contributed by atoms with Gasteiger partial charge in [-0.1, -0.05) is 24.1 Å². The lowest BCUT2D eigenvalue weighted by molar-refractivity contribution is 0.0888. The summed E-state index contributed by atoms with van der Waals surface area (Å²) in [6, 6.07) is 5.81. The van der Waals surface area contributed by atoms with Crippen LogP contribution >= 0.6 is 0 Å². The average molecular weight is 260 g/mol. The van der Waals surface area contributed by atoms with Gasteiger partial charge in [-0.15, -0.1) is 0 Å². The molecule has 19 heavy (non-hydrogen) atoms. The second kappa shape index (κ2) is 6.06. The Balaban J connectivity index is 2.23. The van der Waals surface area contributed by atoms with Crippen LogP contribution < -0.4 is 5.73 Å². The summed E-state index contributed by atoms with van der Waals surface area (Å²) in [5, 5.41) is 0. The minimum atomic E-state index is 0.559. The van der Waals surface area contributed by atoms with Gasteiger partial charge in [-0.3, -0.25) is 4.90 Å². The SMILES string of the molecule is Cc1cc(C)c(CN2C(C)CCCC2CN)c(C)c1. The van der Waals surface area contributed by atoms with Crippen molar-refractivity contribution < 1.29 is 0 Å². The van der Waals surface area contributed by atoms with Crippen LogP contribution in [-0.4, -0.2) is 23.5 Å². The third kappa shape index (κ3) is 3.18. The number of benzene rings is 1. The van der Waals surface area contributed by atoms with Gasteiger partial charge in [0.2, 0.25) is 0 Å². The van der Waals surface area contributed by atoms with Crippen molar-refractivity contribution in [3.63, 3.8) is 0 Å². The molecule has 1 aromatic rings. The first-order chi connectivity index (χ1) is 9.02. The van der Waals surface area contributed by atoms with Gasteiger partial charge in [-0.05, 0) is 57.2 Å². The molecule has 1 aromatic carbocycles. The molecular weight excluding hydrogens is 232 g/mol. The Bertz CT molecular complexity index is 416. The van der Waals surface area contributed by atoms with Crippen molar-refractivity contribution in [2.24, 2.45) is 5.73 Å². The van der Waals surface area contributed by atoms with E-state index in [2.05, 4.69) is 44.7 Å². The van der Waals surface area contributed by atoms with Gasteiger partial charge in [0, 0.05) is 25.2 Å². The van der Waals surface area contributed by atoms with Gasteiger partial charge in [0.25, 0.3) is 0 Å². The largest absolute Gasteiger partial charge is 0.329 e. The number of likely N-dealkylation sites (tertiary alicyclic amines) is 1. The Morgan fingerprint density at radius 1 is 1.16 bits per heavy atom. The first kappa shape index (κ1) is 14.5. The van der Waals surface area contributed by atoms with Crippen molar-refractivity contribution in [1.29, 1.82) is 0 Å². The zero-order valence-corrected chi connectivity index (χ0v) is 12.9. The highest BCUT2D eigenvalue weighted by Crippen LogP contribution is 2.27. The van der Waals surface area contributed by atoms with Crippen LogP contribution in [0.2, 0.25) is 0 Å². The smallest absolute Gasteiger partial charge is 0.0245 e. The van der Waals surface area contributed by atoms with Gasteiger partial charge in [-0.2, -0.15) is 0 Å². The number of nitrogens with two attached hydrogens (primary N) is 1. The Morgan fingerprint density at radius 2 is 1.79 bits per heavy atom. The molecule has 0 aromatic heterocycles. The molecule has 106 valence electrons. The summed E-state index contributed by atoms with van der Waals surface area (Å²) in [4.78, 5) is 2.62. The number of piperidine rings is 1. The molecule has 2 heteroatoms. The van der Waals surface area contributed by atoms with Gasteiger partial charge in [-0.25, -0.2) is 0 Å². The summed E-state index contributed by atoms with van der Waals surface area (Å²) < 4.78 is 0. The molecule has 2 unspecified atom stereocenters. The third-order valence-electron chi connectivity index (χ3n) is 4.65. The zero-order valence-electron chi connectivity index (χ0n) is 12.9. The summed E-state index contributed by atoms with van der Waals surface area (Å²) in [7, 11) is 0. The first-order valence-electron chi connectivity index (χ1n) is 7.55. The van der Waals surface area contributed by atoms with Crippen molar-refractivity contribution in [1.82, 2.24) is 4.90 Å². The molecule has 0 aliphatic carbocycles. The summed E-state index contributed by atoms with van der Waals surface area (Å²) in [6.07, 6.45) is 3.89. The van der Waals surface area contributed by atoms with Crippen LogP contribution in [0, 0.1) is 20.8 Å². The van der Waals surface area contributed by atoms with Crippen molar-refractivity contribution in [2.75, 3.05) is 6.54 Å². The van der Waals surface area contributed by atoms with E-state index in [1.165, 1.54) is 41.5 Å². The van der Waals surface area contributed by atoms with Gasteiger partial charge in [0.1, 0.15) is 0 Å². The van der Waals surface area contributed by atoms with Gasteiger partial charge in [0.15, 0.2) is 0 Å². The summed E-state index contributed by atoms with van der Waals surface area (Å²) in [6.45, 7) is 10.8. The summed E-state index contributed by atoms with van der Waals surface area (Å²) >= 11 is 0. The fraction of sp³-hybridized carbons (Fsp3) is 0.647. The lowest BCUT2D eigenvalue weighted by Crippen LogP contribution is -2.48. The number of nitrogens with zero attached hydrogens (tertiary/aromatic N) is 1. The van der Waals surface area contributed by atoms with Crippen molar-refractivity contribution >= 4 is 0 Å². The van der Waals surface area contributed by atoms with Crippen LogP contribution in [0.15, 0.2) is 12.1 Å². The Morgan fingerprint density at radius 3 is 2.37 bits per heavy atom. The van der Waals surface area contributed by atoms with Crippen LogP contribution in [0.1, 0.15) is 48.4 Å². The van der Waals surface area contributed by atoms with Crippen molar-refractivity contribution in [3.8, 4) is 0 Å². The monoisotopic (exact) mass is 260 g/mol. The predicted octanol–water partition coefficient (Wildman–Crippen LogP) is 3.31. The Hall–Kier alpha value is -0.860. The highest BCUT2D eigenvalue weighted by molar-refractivity contribution is 5.37. The van der Waals surface area contributed by atoms with Crippen LogP contribution in [0.25, 0.3) is 0 Å². The topological polar surface area (TPSA) is 29.3 Å². The molecule has 0 radical (unpaired) electrons. The maximum atomic E-state index is 5.97. The molecule has 0 bridgehead atoms. The van der Waals surface area contributed by atoms with E-state index < -0.39 is 0 Å². The van der Waals surface area contributed by atoms with E-state index in [-0.39, 0.29) is 0 Å².